The number of carboxylic acids is 1. The third-order valence-electron chi connectivity index (χ3n) is 2.35. The Bertz CT molecular complexity index is 176. The number of piperidine rings is 1. The molecule has 1 heterocycles. The van der Waals surface area contributed by atoms with E-state index in [0.717, 1.165) is 25.9 Å². The molecule has 1 aliphatic rings. The molecule has 70 valence electrons. The van der Waals surface area contributed by atoms with Crippen LogP contribution in [0.25, 0.3) is 0 Å². The minimum atomic E-state index is -0.797. The fourth-order valence-electron chi connectivity index (χ4n) is 1.47. The highest BCUT2D eigenvalue weighted by molar-refractivity contribution is 6.25. The van der Waals surface area contributed by atoms with Crippen LogP contribution in [0.3, 0.4) is 0 Å². The molecular weight excluding hydrogens is 178 g/mol. The predicted molar refractivity (Wildman–Crippen MR) is 47.6 cm³/mol. The number of aliphatic carboxylic acids is 1. The van der Waals surface area contributed by atoms with Gasteiger partial charge in [0.05, 0.1) is 11.3 Å². The fraction of sp³-hybridized carbons (Fsp3) is 0.875. The van der Waals surface area contributed by atoms with Crippen molar-refractivity contribution in [3.63, 3.8) is 0 Å². The van der Waals surface area contributed by atoms with Gasteiger partial charge in [-0.15, -0.1) is 11.6 Å². The highest BCUT2D eigenvalue weighted by Gasteiger charge is 2.33. The van der Waals surface area contributed by atoms with E-state index in [4.69, 9.17) is 16.7 Å². The lowest BCUT2D eigenvalue weighted by Crippen LogP contribution is -2.40. The second kappa shape index (κ2) is 3.62. The van der Waals surface area contributed by atoms with Gasteiger partial charge in [-0.1, -0.05) is 0 Å². The van der Waals surface area contributed by atoms with Crippen molar-refractivity contribution in [1.29, 1.82) is 0 Å². The summed E-state index contributed by atoms with van der Waals surface area (Å²) < 4.78 is 0. The summed E-state index contributed by atoms with van der Waals surface area (Å²) in [5.41, 5.74) is 0. The van der Waals surface area contributed by atoms with Crippen LogP contribution in [0.4, 0.5) is 0 Å². The van der Waals surface area contributed by atoms with Gasteiger partial charge in [-0.2, -0.15) is 0 Å². The summed E-state index contributed by atoms with van der Waals surface area (Å²) >= 11 is 6.13. The summed E-state index contributed by atoms with van der Waals surface area (Å²) in [5.74, 6) is -0.797. The molecule has 0 spiro atoms. The first-order valence-electron chi connectivity index (χ1n) is 4.11. The van der Waals surface area contributed by atoms with Crippen LogP contribution in [-0.2, 0) is 4.79 Å². The van der Waals surface area contributed by atoms with Gasteiger partial charge in [0.1, 0.15) is 0 Å². The Morgan fingerprint density at radius 2 is 2.08 bits per heavy atom. The summed E-state index contributed by atoms with van der Waals surface area (Å²) in [6.45, 7) is 1.80. The molecule has 0 bridgehead atoms. The van der Waals surface area contributed by atoms with E-state index in [1.54, 1.807) is 0 Å². The van der Waals surface area contributed by atoms with E-state index in [1.165, 1.54) is 0 Å². The van der Waals surface area contributed by atoms with Crippen LogP contribution < -0.4 is 0 Å². The third kappa shape index (κ3) is 2.64. The number of carbonyl (C=O) groups is 1. The first-order chi connectivity index (χ1) is 5.52. The van der Waals surface area contributed by atoms with Crippen molar-refractivity contribution in [3.05, 3.63) is 0 Å². The van der Waals surface area contributed by atoms with Gasteiger partial charge in [-0.05, 0) is 33.0 Å². The SMILES string of the molecule is CN1CCC(Cl)(CC(=O)O)CC1. The molecule has 0 aromatic heterocycles. The zero-order valence-electron chi connectivity index (χ0n) is 7.22. The molecule has 1 fully saturated rings. The standard InChI is InChI=1S/C8H14ClNO2/c1-10-4-2-8(9,3-5-10)6-7(11)12/h2-6H2,1H3,(H,11,12). The van der Waals surface area contributed by atoms with Crippen molar-refractivity contribution in [2.45, 2.75) is 24.1 Å². The van der Waals surface area contributed by atoms with Crippen molar-refractivity contribution in [1.82, 2.24) is 4.90 Å². The minimum absolute atomic E-state index is 0.0857. The van der Waals surface area contributed by atoms with E-state index in [9.17, 15) is 4.79 Å². The molecule has 1 N–H and O–H groups in total. The van der Waals surface area contributed by atoms with E-state index >= 15 is 0 Å². The summed E-state index contributed by atoms with van der Waals surface area (Å²) in [7, 11) is 2.03. The average Bonchev–Trinajstić information content (AvgIpc) is 1.94. The average molecular weight is 192 g/mol. The minimum Gasteiger partial charge on any atom is -0.481 e. The predicted octanol–water partition coefficient (Wildman–Crippen LogP) is 1.16. The fourth-order valence-corrected chi connectivity index (χ4v) is 1.75. The van der Waals surface area contributed by atoms with Gasteiger partial charge in [0.2, 0.25) is 0 Å². The topological polar surface area (TPSA) is 40.5 Å². The van der Waals surface area contributed by atoms with Crippen LogP contribution in [0, 0.1) is 0 Å². The van der Waals surface area contributed by atoms with Crippen LogP contribution in [0.15, 0.2) is 0 Å². The van der Waals surface area contributed by atoms with Gasteiger partial charge in [0, 0.05) is 0 Å². The van der Waals surface area contributed by atoms with Gasteiger partial charge in [0.25, 0.3) is 0 Å². The summed E-state index contributed by atoms with van der Waals surface area (Å²) in [6, 6.07) is 0. The molecule has 4 heteroatoms. The molecule has 0 atom stereocenters. The Labute approximate surface area is 77.3 Å². The zero-order valence-corrected chi connectivity index (χ0v) is 7.97. The number of likely N-dealkylation sites (tertiary alicyclic amines) is 1. The molecule has 0 aliphatic carbocycles. The third-order valence-corrected chi connectivity index (χ3v) is 2.86. The maximum Gasteiger partial charge on any atom is 0.305 e. The van der Waals surface area contributed by atoms with Crippen LogP contribution in [-0.4, -0.2) is 41.0 Å². The first-order valence-corrected chi connectivity index (χ1v) is 4.49. The molecular formula is C8H14ClNO2. The molecule has 0 unspecified atom stereocenters. The van der Waals surface area contributed by atoms with Crippen molar-refractivity contribution in [2.24, 2.45) is 0 Å². The molecule has 0 aromatic rings. The molecule has 0 radical (unpaired) electrons. The molecule has 3 nitrogen and oxygen atoms in total. The number of alkyl halides is 1. The number of hydrogen-bond acceptors (Lipinski definition) is 2. The van der Waals surface area contributed by atoms with Crippen molar-refractivity contribution < 1.29 is 9.90 Å². The monoisotopic (exact) mass is 191 g/mol. The molecule has 0 aromatic carbocycles. The second-order valence-corrected chi connectivity index (χ2v) is 4.33. The van der Waals surface area contributed by atoms with Gasteiger partial charge in [0.15, 0.2) is 0 Å². The van der Waals surface area contributed by atoms with Crippen LogP contribution in [0.5, 0.6) is 0 Å². The Hall–Kier alpha value is -0.280. The second-order valence-electron chi connectivity index (χ2n) is 3.52. The molecule has 1 saturated heterocycles. The van der Waals surface area contributed by atoms with Crippen molar-refractivity contribution in [3.8, 4) is 0 Å². The maximum atomic E-state index is 10.5. The first kappa shape index (κ1) is 9.81. The van der Waals surface area contributed by atoms with Gasteiger partial charge >= 0.3 is 5.97 Å². The Balaban J connectivity index is 2.44. The van der Waals surface area contributed by atoms with Gasteiger partial charge in [-0.3, -0.25) is 4.79 Å². The summed E-state index contributed by atoms with van der Waals surface area (Å²) in [4.78, 5) is 12.1. The number of nitrogens with zero attached hydrogens (tertiary/aromatic N) is 1. The smallest absolute Gasteiger partial charge is 0.305 e. The van der Waals surface area contributed by atoms with E-state index in [0.29, 0.717) is 0 Å². The number of carboxylic acid groups (broad SMARTS) is 1. The summed E-state index contributed by atoms with van der Waals surface area (Å²) in [5, 5.41) is 8.60. The van der Waals surface area contributed by atoms with Crippen molar-refractivity contribution in [2.75, 3.05) is 20.1 Å². The Morgan fingerprint density at radius 1 is 1.58 bits per heavy atom. The van der Waals surface area contributed by atoms with E-state index in [-0.39, 0.29) is 6.42 Å². The Kier molecular flexibility index (Phi) is 2.96. The number of hydrogen-bond donors (Lipinski definition) is 1. The number of rotatable bonds is 2. The largest absolute Gasteiger partial charge is 0.481 e. The van der Waals surface area contributed by atoms with E-state index in [1.807, 2.05) is 7.05 Å². The lowest BCUT2D eigenvalue weighted by atomic mass is 9.93. The number of halogens is 1. The Morgan fingerprint density at radius 3 is 2.50 bits per heavy atom. The lowest BCUT2D eigenvalue weighted by Gasteiger charge is -2.34. The van der Waals surface area contributed by atoms with Gasteiger partial charge in [-0.25, -0.2) is 0 Å². The quantitative estimate of drug-likeness (QED) is 0.667. The zero-order chi connectivity index (χ0) is 9.19. The molecule has 1 aliphatic heterocycles. The lowest BCUT2D eigenvalue weighted by molar-refractivity contribution is -0.138. The molecule has 0 amide bonds. The summed E-state index contributed by atoms with van der Waals surface area (Å²) in [6.07, 6.45) is 1.64. The highest BCUT2D eigenvalue weighted by Crippen LogP contribution is 2.31. The molecule has 1 rings (SSSR count). The van der Waals surface area contributed by atoms with Crippen LogP contribution >= 0.6 is 11.6 Å². The van der Waals surface area contributed by atoms with E-state index < -0.39 is 10.8 Å². The molecule has 12 heavy (non-hydrogen) atoms. The van der Waals surface area contributed by atoms with E-state index in [2.05, 4.69) is 4.90 Å². The van der Waals surface area contributed by atoms with Crippen molar-refractivity contribution >= 4 is 17.6 Å². The van der Waals surface area contributed by atoms with Gasteiger partial charge < -0.3 is 10.0 Å². The van der Waals surface area contributed by atoms with Crippen LogP contribution in [0.2, 0.25) is 0 Å². The highest BCUT2D eigenvalue weighted by atomic mass is 35.5. The normalized spacial score (nSPS) is 23.8. The molecule has 0 saturated carbocycles. The van der Waals surface area contributed by atoms with Crippen LogP contribution in [0.1, 0.15) is 19.3 Å². The maximum absolute atomic E-state index is 10.5.